The van der Waals surface area contributed by atoms with E-state index >= 15 is 0 Å². The van der Waals surface area contributed by atoms with Crippen molar-refractivity contribution < 1.29 is 9.53 Å². The summed E-state index contributed by atoms with van der Waals surface area (Å²) in [6.07, 6.45) is 4.56. The Morgan fingerprint density at radius 3 is 1.48 bits per heavy atom. The van der Waals surface area contributed by atoms with Gasteiger partial charge in [0.15, 0.2) is 0 Å². The molecule has 0 aliphatic carbocycles. The first kappa shape index (κ1) is 23.2. The van der Waals surface area contributed by atoms with Crippen molar-refractivity contribution in [3.05, 3.63) is 91.0 Å². The van der Waals surface area contributed by atoms with Gasteiger partial charge in [0.25, 0.3) is 0 Å². The molecule has 0 spiro atoms. The number of benzene rings is 3. The van der Waals surface area contributed by atoms with Crippen LogP contribution in [0.5, 0.6) is 0 Å². The van der Waals surface area contributed by atoms with Crippen molar-refractivity contribution >= 4 is 29.1 Å². The molecule has 3 aromatic rings. The smallest absolute Gasteiger partial charge is 0.306 e. The average Bonchev–Trinajstić information content (AvgIpc) is 2.77. The van der Waals surface area contributed by atoms with Gasteiger partial charge in [-0.2, -0.15) is 0 Å². The molecular formula is C28H34O2P+. The molecular weight excluding hydrogens is 399 g/mol. The molecule has 0 aromatic heterocycles. The molecule has 3 aromatic carbocycles. The largest absolute Gasteiger partial charge is 0.460 e. The second-order valence-corrected chi connectivity index (χ2v) is 12.6. The standard InChI is InChI=1S/C28H34O2P/c1-28(2,3)30-27(29)22-14-7-15-23-31(24-16-8-4-9-17-24,25-18-10-5-11-19-25)26-20-12-6-13-21-26/h4-6,8-13,16-21H,7,14-15,22-23H2,1-3H3/q+1. The lowest BCUT2D eigenvalue weighted by Crippen LogP contribution is -2.33. The fourth-order valence-electron chi connectivity index (χ4n) is 4.07. The highest BCUT2D eigenvalue weighted by Crippen LogP contribution is 2.55. The highest BCUT2D eigenvalue weighted by atomic mass is 31.2. The second-order valence-electron chi connectivity index (χ2n) is 8.94. The minimum atomic E-state index is -1.77. The molecule has 0 saturated heterocycles. The quantitative estimate of drug-likeness (QED) is 0.239. The maximum Gasteiger partial charge on any atom is 0.306 e. The molecule has 31 heavy (non-hydrogen) atoms. The molecule has 3 heteroatoms. The monoisotopic (exact) mass is 433 g/mol. The predicted octanol–water partition coefficient (Wildman–Crippen LogP) is 5.88. The Kier molecular flexibility index (Phi) is 8.04. The van der Waals surface area contributed by atoms with E-state index < -0.39 is 12.9 Å². The molecule has 0 amide bonds. The van der Waals surface area contributed by atoms with Crippen molar-refractivity contribution in [1.29, 1.82) is 0 Å². The summed E-state index contributed by atoms with van der Waals surface area (Å²) in [7, 11) is -1.77. The van der Waals surface area contributed by atoms with Crippen molar-refractivity contribution in [2.45, 2.75) is 52.1 Å². The van der Waals surface area contributed by atoms with Gasteiger partial charge in [0, 0.05) is 6.42 Å². The number of carbonyl (C=O) groups is 1. The Hall–Kier alpha value is -2.44. The number of ether oxygens (including phenoxy) is 1. The van der Waals surface area contributed by atoms with E-state index in [9.17, 15) is 4.79 Å². The average molecular weight is 434 g/mol. The van der Waals surface area contributed by atoms with E-state index in [4.69, 9.17) is 4.74 Å². The first-order chi connectivity index (χ1) is 14.9. The van der Waals surface area contributed by atoms with Gasteiger partial charge >= 0.3 is 5.97 Å². The van der Waals surface area contributed by atoms with E-state index in [0.717, 1.165) is 25.4 Å². The lowest BCUT2D eigenvalue weighted by atomic mass is 10.2. The van der Waals surface area contributed by atoms with Crippen LogP contribution in [0.1, 0.15) is 46.5 Å². The van der Waals surface area contributed by atoms with Gasteiger partial charge in [0.1, 0.15) is 28.8 Å². The van der Waals surface area contributed by atoms with Crippen molar-refractivity contribution in [2.75, 3.05) is 6.16 Å². The van der Waals surface area contributed by atoms with Crippen LogP contribution in [0.3, 0.4) is 0 Å². The van der Waals surface area contributed by atoms with Gasteiger partial charge < -0.3 is 4.74 Å². The van der Waals surface area contributed by atoms with Gasteiger partial charge in [-0.05, 0) is 76.4 Å². The van der Waals surface area contributed by atoms with E-state index in [1.807, 2.05) is 20.8 Å². The van der Waals surface area contributed by atoms with Crippen LogP contribution in [-0.2, 0) is 9.53 Å². The van der Waals surface area contributed by atoms with E-state index in [2.05, 4.69) is 91.0 Å². The summed E-state index contributed by atoms with van der Waals surface area (Å²) in [5, 5.41) is 4.25. The SMILES string of the molecule is CC(C)(C)OC(=O)CCCCC[P+](c1ccccc1)(c1ccccc1)c1ccccc1. The Bertz CT molecular complexity index is 834. The molecule has 0 bridgehead atoms. The summed E-state index contributed by atoms with van der Waals surface area (Å²) in [6, 6.07) is 32.9. The van der Waals surface area contributed by atoms with E-state index in [1.165, 1.54) is 15.9 Å². The predicted molar refractivity (Wildman–Crippen MR) is 134 cm³/mol. The number of carbonyl (C=O) groups excluding carboxylic acids is 1. The zero-order valence-corrected chi connectivity index (χ0v) is 19.9. The molecule has 162 valence electrons. The molecule has 2 nitrogen and oxygen atoms in total. The Morgan fingerprint density at radius 1 is 0.677 bits per heavy atom. The van der Waals surface area contributed by atoms with Crippen LogP contribution in [0.4, 0.5) is 0 Å². The zero-order chi connectivity index (χ0) is 22.2. The Morgan fingerprint density at radius 2 is 1.10 bits per heavy atom. The van der Waals surface area contributed by atoms with Crippen LogP contribution in [0.25, 0.3) is 0 Å². The molecule has 0 heterocycles. The molecule has 0 N–H and O–H groups in total. The Balaban J connectivity index is 1.83. The molecule has 3 rings (SSSR count). The first-order valence-corrected chi connectivity index (χ1v) is 13.2. The minimum absolute atomic E-state index is 0.0947. The fraction of sp³-hybridized carbons (Fsp3) is 0.321. The molecule has 0 unspecified atom stereocenters. The number of esters is 1. The Labute approximate surface area is 188 Å². The zero-order valence-electron chi connectivity index (χ0n) is 19.0. The maximum absolute atomic E-state index is 12.1. The minimum Gasteiger partial charge on any atom is -0.460 e. The second kappa shape index (κ2) is 10.7. The van der Waals surface area contributed by atoms with Crippen LogP contribution in [0, 0.1) is 0 Å². The third-order valence-corrected chi connectivity index (χ3v) is 9.91. The van der Waals surface area contributed by atoms with Crippen molar-refractivity contribution in [2.24, 2.45) is 0 Å². The lowest BCUT2D eigenvalue weighted by molar-refractivity contribution is -0.154. The van der Waals surface area contributed by atoms with Crippen molar-refractivity contribution in [3.63, 3.8) is 0 Å². The fourth-order valence-corrected chi connectivity index (χ4v) is 8.48. The molecule has 0 aliphatic rings. The van der Waals surface area contributed by atoms with Gasteiger partial charge in [0.2, 0.25) is 0 Å². The normalized spacial score (nSPS) is 11.8. The summed E-state index contributed by atoms with van der Waals surface area (Å²) >= 11 is 0. The third kappa shape index (κ3) is 6.28. The third-order valence-electron chi connectivity index (χ3n) is 5.39. The van der Waals surface area contributed by atoms with Gasteiger partial charge in [-0.25, -0.2) is 0 Å². The van der Waals surface area contributed by atoms with Gasteiger partial charge in [-0.1, -0.05) is 54.6 Å². The molecule has 0 saturated carbocycles. The van der Waals surface area contributed by atoms with Crippen molar-refractivity contribution in [3.8, 4) is 0 Å². The van der Waals surface area contributed by atoms with Crippen LogP contribution in [-0.4, -0.2) is 17.7 Å². The summed E-state index contributed by atoms with van der Waals surface area (Å²) < 4.78 is 5.46. The highest BCUT2D eigenvalue weighted by molar-refractivity contribution is 7.95. The molecule has 0 aliphatic heterocycles. The molecule has 0 radical (unpaired) electrons. The first-order valence-electron chi connectivity index (χ1n) is 11.2. The van der Waals surface area contributed by atoms with Crippen molar-refractivity contribution in [1.82, 2.24) is 0 Å². The summed E-state index contributed by atoms with van der Waals surface area (Å²) in [6.45, 7) is 5.76. The van der Waals surface area contributed by atoms with E-state index in [0.29, 0.717) is 6.42 Å². The molecule has 0 fully saturated rings. The summed E-state index contributed by atoms with van der Waals surface area (Å²) in [5.74, 6) is -0.0947. The van der Waals surface area contributed by atoms with Gasteiger partial charge in [0.05, 0.1) is 6.16 Å². The van der Waals surface area contributed by atoms with Crippen LogP contribution in [0.15, 0.2) is 91.0 Å². The van der Waals surface area contributed by atoms with Crippen LogP contribution >= 0.6 is 7.26 Å². The maximum atomic E-state index is 12.1. The summed E-state index contributed by atoms with van der Waals surface area (Å²) in [5.41, 5.74) is -0.411. The molecule has 0 atom stereocenters. The number of unbranched alkanes of at least 4 members (excludes halogenated alkanes) is 2. The summed E-state index contributed by atoms with van der Waals surface area (Å²) in [4.78, 5) is 12.1. The topological polar surface area (TPSA) is 26.3 Å². The van der Waals surface area contributed by atoms with Crippen LogP contribution < -0.4 is 15.9 Å². The lowest BCUT2D eigenvalue weighted by Gasteiger charge is -2.27. The number of rotatable bonds is 9. The van der Waals surface area contributed by atoms with E-state index in [1.54, 1.807) is 0 Å². The number of hydrogen-bond donors (Lipinski definition) is 0. The van der Waals surface area contributed by atoms with Crippen LogP contribution in [0.2, 0.25) is 0 Å². The number of hydrogen-bond acceptors (Lipinski definition) is 2. The highest BCUT2D eigenvalue weighted by Gasteiger charge is 2.44. The van der Waals surface area contributed by atoms with E-state index in [-0.39, 0.29) is 5.97 Å². The van der Waals surface area contributed by atoms with Gasteiger partial charge in [-0.15, -0.1) is 0 Å². The van der Waals surface area contributed by atoms with Gasteiger partial charge in [-0.3, -0.25) is 4.79 Å².